The Kier molecular flexibility index (Phi) is 5.43. The average Bonchev–Trinajstić information content (AvgIpc) is 2.40. The van der Waals surface area contributed by atoms with E-state index in [9.17, 15) is 0 Å². The number of nitrogens with zero attached hydrogens (tertiary/aromatic N) is 1. The molecule has 1 aliphatic rings. The normalized spacial score (nSPS) is 23.7. The van der Waals surface area contributed by atoms with Crippen LogP contribution < -0.4 is 10.2 Å². The maximum absolute atomic E-state index is 6.48. The molecule has 1 aromatic rings. The summed E-state index contributed by atoms with van der Waals surface area (Å²) in [5, 5.41) is 4.93. The Bertz CT molecular complexity index is 425. The molecule has 1 aromatic carbocycles. The quantitative estimate of drug-likeness (QED) is 0.911. The van der Waals surface area contributed by atoms with Crippen molar-refractivity contribution in [2.45, 2.75) is 38.6 Å². The van der Waals surface area contributed by atoms with E-state index in [0.29, 0.717) is 11.3 Å². The number of hydrogen-bond acceptors (Lipinski definition) is 3. The van der Waals surface area contributed by atoms with Gasteiger partial charge in [0, 0.05) is 30.1 Å². The second-order valence-electron chi connectivity index (χ2n) is 5.04. The van der Waals surface area contributed by atoms with E-state index >= 15 is 0 Å². The summed E-state index contributed by atoms with van der Waals surface area (Å²) in [5.74, 6) is 1.18. The largest absolute Gasteiger partial charge is 0.365 e. The molecule has 2 atom stereocenters. The van der Waals surface area contributed by atoms with Crippen molar-refractivity contribution in [3.63, 3.8) is 0 Å². The number of hydrogen-bond donors (Lipinski definition) is 1. The molecular formula is C15H23ClN2S. The summed E-state index contributed by atoms with van der Waals surface area (Å²) < 4.78 is 0. The molecule has 1 fully saturated rings. The van der Waals surface area contributed by atoms with Crippen LogP contribution in [0.5, 0.6) is 0 Å². The Labute approximate surface area is 125 Å². The summed E-state index contributed by atoms with van der Waals surface area (Å²) >= 11 is 8.53. The number of para-hydroxylation sites is 1. The van der Waals surface area contributed by atoms with Crippen molar-refractivity contribution in [3.05, 3.63) is 28.8 Å². The number of anilines is 1. The molecule has 0 amide bonds. The molecule has 1 saturated heterocycles. The van der Waals surface area contributed by atoms with Crippen molar-refractivity contribution in [3.8, 4) is 0 Å². The summed E-state index contributed by atoms with van der Waals surface area (Å²) in [5.41, 5.74) is 2.53. The smallest absolute Gasteiger partial charge is 0.0643 e. The van der Waals surface area contributed by atoms with Crippen LogP contribution in [0.15, 0.2) is 18.2 Å². The third-order valence-electron chi connectivity index (χ3n) is 3.81. The zero-order chi connectivity index (χ0) is 13.8. The van der Waals surface area contributed by atoms with Crippen molar-refractivity contribution in [1.82, 2.24) is 5.32 Å². The molecule has 2 rings (SSSR count). The maximum Gasteiger partial charge on any atom is 0.0643 e. The Morgan fingerprint density at radius 1 is 1.42 bits per heavy atom. The average molecular weight is 299 g/mol. The molecule has 0 bridgehead atoms. The van der Waals surface area contributed by atoms with Crippen LogP contribution in [0, 0.1) is 0 Å². The molecule has 19 heavy (non-hydrogen) atoms. The molecule has 0 saturated carbocycles. The molecule has 106 valence electrons. The second-order valence-corrected chi connectivity index (χ2v) is 6.93. The van der Waals surface area contributed by atoms with Gasteiger partial charge in [-0.15, -0.1) is 0 Å². The molecule has 4 heteroatoms. The predicted molar refractivity (Wildman–Crippen MR) is 87.6 cm³/mol. The highest BCUT2D eigenvalue weighted by atomic mass is 35.5. The molecule has 0 spiro atoms. The number of rotatable bonds is 4. The Morgan fingerprint density at radius 3 is 2.95 bits per heavy atom. The standard InChI is InChI=1S/C15H23ClN2S/c1-4-17-10-13-6-5-7-14(16)15(13)18-8-9-19-12(3)11(18)2/h5-7,11-12,17H,4,8-10H2,1-3H3. The van der Waals surface area contributed by atoms with Gasteiger partial charge in [-0.3, -0.25) is 0 Å². The maximum atomic E-state index is 6.48. The van der Waals surface area contributed by atoms with E-state index in [4.69, 9.17) is 11.6 Å². The van der Waals surface area contributed by atoms with E-state index < -0.39 is 0 Å². The minimum Gasteiger partial charge on any atom is -0.365 e. The molecule has 1 aliphatic heterocycles. The summed E-state index contributed by atoms with van der Waals surface area (Å²) in [4.78, 5) is 2.48. The SMILES string of the molecule is CCNCc1cccc(Cl)c1N1CCSC(C)C1C. The summed E-state index contributed by atoms with van der Waals surface area (Å²) in [6, 6.07) is 6.76. The van der Waals surface area contributed by atoms with E-state index in [1.54, 1.807) is 0 Å². The Hall–Kier alpha value is -0.380. The van der Waals surface area contributed by atoms with Gasteiger partial charge in [0.25, 0.3) is 0 Å². The highest BCUT2D eigenvalue weighted by molar-refractivity contribution is 8.00. The van der Waals surface area contributed by atoms with Gasteiger partial charge >= 0.3 is 0 Å². The van der Waals surface area contributed by atoms with Crippen molar-refractivity contribution < 1.29 is 0 Å². The zero-order valence-corrected chi connectivity index (χ0v) is 13.5. The first kappa shape index (κ1) is 15.0. The van der Waals surface area contributed by atoms with Crippen LogP contribution in [0.1, 0.15) is 26.3 Å². The first-order valence-corrected chi connectivity index (χ1v) is 8.44. The monoisotopic (exact) mass is 298 g/mol. The molecule has 0 radical (unpaired) electrons. The highest BCUT2D eigenvalue weighted by Crippen LogP contribution is 2.36. The van der Waals surface area contributed by atoms with Crippen LogP contribution in [0.25, 0.3) is 0 Å². The van der Waals surface area contributed by atoms with Gasteiger partial charge in [-0.1, -0.05) is 37.6 Å². The fourth-order valence-electron chi connectivity index (χ4n) is 2.53. The van der Waals surface area contributed by atoms with Gasteiger partial charge in [0.15, 0.2) is 0 Å². The molecule has 2 unspecified atom stereocenters. The third-order valence-corrected chi connectivity index (χ3v) is 5.45. The fraction of sp³-hybridized carbons (Fsp3) is 0.600. The number of thioether (sulfide) groups is 1. The summed E-state index contributed by atoms with van der Waals surface area (Å²) in [6.45, 7) is 9.69. The summed E-state index contributed by atoms with van der Waals surface area (Å²) in [7, 11) is 0. The Balaban J connectivity index is 2.31. The predicted octanol–water partition coefficient (Wildman–Crippen LogP) is 3.78. The number of halogens is 1. The van der Waals surface area contributed by atoms with Gasteiger partial charge in [-0.2, -0.15) is 11.8 Å². The van der Waals surface area contributed by atoms with E-state index in [-0.39, 0.29) is 0 Å². The topological polar surface area (TPSA) is 15.3 Å². The highest BCUT2D eigenvalue weighted by Gasteiger charge is 2.27. The lowest BCUT2D eigenvalue weighted by molar-refractivity contribution is 0.621. The van der Waals surface area contributed by atoms with Crippen LogP contribution in [0.2, 0.25) is 5.02 Å². The van der Waals surface area contributed by atoms with Crippen LogP contribution in [-0.2, 0) is 6.54 Å². The second kappa shape index (κ2) is 6.87. The van der Waals surface area contributed by atoms with Gasteiger partial charge in [-0.05, 0) is 25.1 Å². The van der Waals surface area contributed by atoms with Crippen LogP contribution in [0.3, 0.4) is 0 Å². The van der Waals surface area contributed by atoms with E-state index in [1.807, 2.05) is 12.1 Å². The van der Waals surface area contributed by atoms with Crippen LogP contribution >= 0.6 is 23.4 Å². The Morgan fingerprint density at radius 2 is 2.21 bits per heavy atom. The minimum atomic E-state index is 0.527. The lowest BCUT2D eigenvalue weighted by Gasteiger charge is -2.40. The van der Waals surface area contributed by atoms with Crippen molar-refractivity contribution in [2.75, 3.05) is 23.7 Å². The zero-order valence-electron chi connectivity index (χ0n) is 11.9. The van der Waals surface area contributed by atoms with Crippen molar-refractivity contribution >= 4 is 29.1 Å². The van der Waals surface area contributed by atoms with E-state index in [2.05, 4.69) is 48.8 Å². The third kappa shape index (κ3) is 3.39. The van der Waals surface area contributed by atoms with Crippen molar-refractivity contribution in [2.24, 2.45) is 0 Å². The molecule has 1 N–H and O–H groups in total. The number of benzene rings is 1. The molecule has 0 aliphatic carbocycles. The fourth-order valence-corrected chi connectivity index (χ4v) is 3.93. The van der Waals surface area contributed by atoms with Crippen LogP contribution in [-0.4, -0.2) is 30.1 Å². The van der Waals surface area contributed by atoms with E-state index in [0.717, 1.165) is 24.7 Å². The molecule has 2 nitrogen and oxygen atoms in total. The molecule has 1 heterocycles. The molecule has 0 aromatic heterocycles. The van der Waals surface area contributed by atoms with Gasteiger partial charge in [0.2, 0.25) is 0 Å². The molecular weight excluding hydrogens is 276 g/mol. The van der Waals surface area contributed by atoms with Crippen LogP contribution in [0.4, 0.5) is 5.69 Å². The van der Waals surface area contributed by atoms with Gasteiger partial charge in [0.05, 0.1) is 10.7 Å². The first-order valence-electron chi connectivity index (χ1n) is 7.01. The first-order chi connectivity index (χ1) is 9.15. The lowest BCUT2D eigenvalue weighted by Crippen LogP contribution is -2.45. The van der Waals surface area contributed by atoms with Gasteiger partial charge in [-0.25, -0.2) is 0 Å². The minimum absolute atomic E-state index is 0.527. The van der Waals surface area contributed by atoms with Gasteiger partial charge < -0.3 is 10.2 Å². The number of nitrogens with one attached hydrogen (secondary N) is 1. The lowest BCUT2D eigenvalue weighted by atomic mass is 10.1. The van der Waals surface area contributed by atoms with E-state index in [1.165, 1.54) is 17.0 Å². The van der Waals surface area contributed by atoms with Crippen molar-refractivity contribution in [1.29, 1.82) is 0 Å². The summed E-state index contributed by atoms with van der Waals surface area (Å²) in [6.07, 6.45) is 0. The van der Waals surface area contributed by atoms with Gasteiger partial charge in [0.1, 0.15) is 0 Å².